The summed E-state index contributed by atoms with van der Waals surface area (Å²) in [4.78, 5) is 13.7. The number of rotatable bonds is 1. The number of nitrogens with one attached hydrogen (secondary N) is 1. The average molecular weight is 244 g/mol. The number of piperazine rings is 1. The van der Waals surface area contributed by atoms with Crippen molar-refractivity contribution in [2.45, 2.75) is 52.5 Å². The van der Waals surface area contributed by atoms with Gasteiger partial charge in [-0.3, -0.25) is 10.2 Å². The predicted molar refractivity (Wildman–Crippen MR) is 65.6 cm³/mol. The number of aliphatic hydroxyl groups is 1. The molecule has 2 unspecified atom stereocenters. The van der Waals surface area contributed by atoms with E-state index in [0.717, 1.165) is 0 Å². The topological polar surface area (TPSA) is 61.8 Å². The van der Waals surface area contributed by atoms with Crippen LogP contribution < -0.4 is 5.32 Å². The maximum Gasteiger partial charge on any atom is 0.410 e. The third-order valence-electron chi connectivity index (χ3n) is 2.70. The van der Waals surface area contributed by atoms with E-state index in [4.69, 9.17) is 4.74 Å². The number of amides is 1. The molecule has 0 aromatic heterocycles. The number of carbonyl (C=O) groups is 1. The Morgan fingerprint density at radius 1 is 1.47 bits per heavy atom. The molecular formula is C12H24N2O3. The van der Waals surface area contributed by atoms with Gasteiger partial charge in [-0.15, -0.1) is 0 Å². The van der Waals surface area contributed by atoms with Crippen LogP contribution in [0.3, 0.4) is 0 Å². The molecule has 1 rings (SSSR count). The first kappa shape index (κ1) is 14.3. The lowest BCUT2D eigenvalue weighted by Gasteiger charge is -2.42. The van der Waals surface area contributed by atoms with Crippen molar-refractivity contribution < 1.29 is 14.6 Å². The van der Waals surface area contributed by atoms with Crippen molar-refractivity contribution in [3.8, 4) is 0 Å². The van der Waals surface area contributed by atoms with Gasteiger partial charge in [0.2, 0.25) is 0 Å². The second-order valence-electron chi connectivity index (χ2n) is 5.81. The highest BCUT2D eigenvalue weighted by molar-refractivity contribution is 5.68. The van der Waals surface area contributed by atoms with Gasteiger partial charge in [0.1, 0.15) is 11.8 Å². The lowest BCUT2D eigenvalue weighted by atomic mass is 9.99. The van der Waals surface area contributed by atoms with Gasteiger partial charge in [-0.25, -0.2) is 4.79 Å². The van der Waals surface area contributed by atoms with Crippen LogP contribution in [0.5, 0.6) is 0 Å². The Morgan fingerprint density at radius 2 is 2.06 bits per heavy atom. The highest BCUT2D eigenvalue weighted by Gasteiger charge is 2.37. The van der Waals surface area contributed by atoms with E-state index in [1.807, 2.05) is 34.6 Å². The molecule has 1 saturated heterocycles. The summed E-state index contributed by atoms with van der Waals surface area (Å²) < 4.78 is 5.35. The molecule has 0 radical (unpaired) electrons. The molecule has 5 nitrogen and oxygen atoms in total. The van der Waals surface area contributed by atoms with Crippen LogP contribution in [0.25, 0.3) is 0 Å². The fourth-order valence-electron chi connectivity index (χ4n) is 2.03. The van der Waals surface area contributed by atoms with E-state index in [1.165, 1.54) is 0 Å². The van der Waals surface area contributed by atoms with Gasteiger partial charge in [0, 0.05) is 13.1 Å². The Labute approximate surface area is 103 Å². The van der Waals surface area contributed by atoms with Crippen molar-refractivity contribution in [1.82, 2.24) is 10.2 Å². The Bertz CT molecular complexity index is 273. The SMILES string of the molecule is CC(C)C1C(O)NCCN1C(=O)OC(C)(C)C. The molecule has 2 atom stereocenters. The van der Waals surface area contributed by atoms with Gasteiger partial charge in [-0.05, 0) is 26.7 Å². The van der Waals surface area contributed by atoms with Crippen LogP contribution in [-0.4, -0.2) is 47.1 Å². The van der Waals surface area contributed by atoms with E-state index in [-0.39, 0.29) is 18.1 Å². The molecule has 0 bridgehead atoms. The van der Waals surface area contributed by atoms with Gasteiger partial charge in [0.05, 0.1) is 6.04 Å². The van der Waals surface area contributed by atoms with Crippen molar-refractivity contribution in [3.63, 3.8) is 0 Å². The molecule has 1 amide bonds. The van der Waals surface area contributed by atoms with Crippen LogP contribution in [-0.2, 0) is 4.74 Å². The lowest BCUT2D eigenvalue weighted by molar-refractivity contribution is -0.0424. The predicted octanol–water partition coefficient (Wildman–Crippen LogP) is 1.17. The fourth-order valence-corrected chi connectivity index (χ4v) is 2.03. The Balaban J connectivity index is 2.75. The molecule has 0 aliphatic carbocycles. The van der Waals surface area contributed by atoms with Crippen LogP contribution in [0.4, 0.5) is 4.79 Å². The molecule has 0 saturated carbocycles. The minimum Gasteiger partial charge on any atom is -0.444 e. The third-order valence-corrected chi connectivity index (χ3v) is 2.70. The first-order valence-electron chi connectivity index (χ1n) is 6.13. The molecule has 1 aliphatic rings. The van der Waals surface area contributed by atoms with Crippen LogP contribution >= 0.6 is 0 Å². The first-order valence-corrected chi connectivity index (χ1v) is 6.13. The minimum atomic E-state index is -0.684. The van der Waals surface area contributed by atoms with Crippen LogP contribution in [0.1, 0.15) is 34.6 Å². The largest absolute Gasteiger partial charge is 0.444 e. The summed E-state index contributed by atoms with van der Waals surface area (Å²) in [6.07, 6.45) is -1.03. The standard InChI is InChI=1S/C12H24N2O3/c1-8(2)9-10(15)13-6-7-14(9)11(16)17-12(3,4)5/h8-10,13,15H,6-7H2,1-5H3. The monoisotopic (exact) mass is 244 g/mol. The maximum atomic E-state index is 12.0. The van der Waals surface area contributed by atoms with Gasteiger partial charge < -0.3 is 9.84 Å². The Morgan fingerprint density at radius 3 is 2.53 bits per heavy atom. The number of hydrogen-bond acceptors (Lipinski definition) is 4. The first-order chi connectivity index (χ1) is 7.72. The van der Waals surface area contributed by atoms with Crippen molar-refractivity contribution in [1.29, 1.82) is 0 Å². The van der Waals surface area contributed by atoms with Crippen molar-refractivity contribution in [2.75, 3.05) is 13.1 Å². The third kappa shape index (κ3) is 3.85. The Kier molecular flexibility index (Phi) is 4.38. The van der Waals surface area contributed by atoms with E-state index < -0.39 is 11.8 Å². The molecular weight excluding hydrogens is 220 g/mol. The quantitative estimate of drug-likeness (QED) is 0.727. The highest BCUT2D eigenvalue weighted by atomic mass is 16.6. The minimum absolute atomic E-state index is 0.172. The normalized spacial score (nSPS) is 26.2. The van der Waals surface area contributed by atoms with Gasteiger partial charge in [-0.2, -0.15) is 0 Å². The maximum absolute atomic E-state index is 12.0. The number of hydrogen-bond donors (Lipinski definition) is 2. The van der Waals surface area contributed by atoms with Gasteiger partial charge >= 0.3 is 6.09 Å². The van der Waals surface area contributed by atoms with E-state index in [9.17, 15) is 9.90 Å². The summed E-state index contributed by atoms with van der Waals surface area (Å²) in [5.41, 5.74) is -0.506. The smallest absolute Gasteiger partial charge is 0.410 e. The van der Waals surface area contributed by atoms with Crippen molar-refractivity contribution in [3.05, 3.63) is 0 Å². The van der Waals surface area contributed by atoms with Crippen molar-refractivity contribution in [2.24, 2.45) is 5.92 Å². The van der Waals surface area contributed by atoms with Crippen molar-refractivity contribution >= 4 is 6.09 Å². The number of ether oxygens (including phenoxy) is 1. The molecule has 100 valence electrons. The zero-order chi connectivity index (χ0) is 13.2. The fraction of sp³-hybridized carbons (Fsp3) is 0.917. The number of nitrogens with zero attached hydrogens (tertiary/aromatic N) is 1. The zero-order valence-corrected chi connectivity index (χ0v) is 11.4. The van der Waals surface area contributed by atoms with Gasteiger partial charge in [0.15, 0.2) is 0 Å². The summed E-state index contributed by atoms with van der Waals surface area (Å²) in [5, 5.41) is 12.9. The van der Waals surface area contributed by atoms with Gasteiger partial charge in [0.25, 0.3) is 0 Å². The molecule has 17 heavy (non-hydrogen) atoms. The molecule has 0 aromatic carbocycles. The molecule has 1 aliphatic heterocycles. The molecule has 1 fully saturated rings. The molecule has 5 heteroatoms. The number of carbonyl (C=O) groups excluding carboxylic acids is 1. The summed E-state index contributed by atoms with van der Waals surface area (Å²) in [6.45, 7) is 10.6. The molecule has 0 spiro atoms. The highest BCUT2D eigenvalue weighted by Crippen LogP contribution is 2.20. The average Bonchev–Trinajstić information content (AvgIpc) is 2.13. The van der Waals surface area contributed by atoms with E-state index in [1.54, 1.807) is 4.90 Å². The summed E-state index contributed by atoms with van der Waals surface area (Å²) in [7, 11) is 0. The van der Waals surface area contributed by atoms with E-state index >= 15 is 0 Å². The van der Waals surface area contributed by atoms with E-state index in [2.05, 4.69) is 5.32 Å². The summed E-state index contributed by atoms with van der Waals surface area (Å²) >= 11 is 0. The van der Waals surface area contributed by atoms with Crippen LogP contribution in [0, 0.1) is 5.92 Å². The zero-order valence-electron chi connectivity index (χ0n) is 11.4. The second-order valence-corrected chi connectivity index (χ2v) is 5.81. The number of aliphatic hydroxyl groups excluding tert-OH is 1. The lowest BCUT2D eigenvalue weighted by Crippen LogP contribution is -2.62. The summed E-state index contributed by atoms with van der Waals surface area (Å²) in [5.74, 6) is 0.172. The van der Waals surface area contributed by atoms with E-state index in [0.29, 0.717) is 13.1 Å². The van der Waals surface area contributed by atoms with Gasteiger partial charge in [-0.1, -0.05) is 13.8 Å². The molecule has 2 N–H and O–H groups in total. The van der Waals surface area contributed by atoms with Crippen LogP contribution in [0.2, 0.25) is 0 Å². The molecule has 0 aromatic rings. The van der Waals surface area contributed by atoms with Crippen LogP contribution in [0.15, 0.2) is 0 Å². The second kappa shape index (κ2) is 5.23. The Hall–Kier alpha value is -0.810. The molecule has 1 heterocycles. The summed E-state index contributed by atoms with van der Waals surface area (Å²) in [6, 6.07) is -0.237.